The number of allylic oxidation sites excluding steroid dienone is 22. The van der Waals surface area contributed by atoms with E-state index in [2.05, 4.69) is 149 Å². The van der Waals surface area contributed by atoms with Crippen LogP contribution in [0.5, 0.6) is 0 Å². The first kappa shape index (κ1) is 97.2. The Kier molecular flexibility index (Phi) is 71.0. The Hall–Kier alpha value is -4.80. The van der Waals surface area contributed by atoms with E-state index in [9.17, 15) is 43.2 Å². The largest absolute Gasteiger partial charge is 0.472 e. The number of esters is 4. The number of ether oxygens (including phenoxy) is 4. The van der Waals surface area contributed by atoms with Crippen LogP contribution in [0, 0.1) is 0 Å². The van der Waals surface area contributed by atoms with Crippen molar-refractivity contribution in [1.29, 1.82) is 0 Å². The lowest BCUT2D eigenvalue weighted by Crippen LogP contribution is -2.30. The van der Waals surface area contributed by atoms with Gasteiger partial charge < -0.3 is 33.8 Å². The predicted octanol–water partition coefficient (Wildman–Crippen LogP) is 22.9. The van der Waals surface area contributed by atoms with Crippen LogP contribution in [0.15, 0.2) is 134 Å². The molecule has 17 nitrogen and oxygen atoms in total. The van der Waals surface area contributed by atoms with Crippen molar-refractivity contribution in [3.63, 3.8) is 0 Å². The van der Waals surface area contributed by atoms with Gasteiger partial charge in [-0.1, -0.05) is 264 Å². The molecule has 0 heterocycles. The van der Waals surface area contributed by atoms with Gasteiger partial charge in [0, 0.05) is 25.7 Å². The van der Waals surface area contributed by atoms with Crippen LogP contribution in [-0.2, 0) is 65.4 Å². The fraction of sp³-hybridized carbons (Fsp3) is 0.687. The van der Waals surface area contributed by atoms with Gasteiger partial charge in [0.2, 0.25) is 0 Å². The summed E-state index contributed by atoms with van der Waals surface area (Å²) in [5.74, 6) is -2.28. The second-order valence-electron chi connectivity index (χ2n) is 25.9. The highest BCUT2D eigenvalue weighted by atomic mass is 31.2. The van der Waals surface area contributed by atoms with Crippen molar-refractivity contribution in [3.8, 4) is 0 Å². The van der Waals surface area contributed by atoms with Crippen molar-refractivity contribution in [3.05, 3.63) is 134 Å². The summed E-state index contributed by atoms with van der Waals surface area (Å²) in [6, 6.07) is 0. The summed E-state index contributed by atoms with van der Waals surface area (Å²) in [6.45, 7) is 4.55. The highest BCUT2D eigenvalue weighted by molar-refractivity contribution is 7.47. The first-order valence-electron chi connectivity index (χ1n) is 39.4. The average Bonchev–Trinajstić information content (AvgIpc) is 0.908. The predicted molar refractivity (Wildman–Crippen MR) is 418 cm³/mol. The molecule has 5 atom stereocenters. The number of hydrogen-bond acceptors (Lipinski definition) is 15. The van der Waals surface area contributed by atoms with E-state index in [0.29, 0.717) is 32.1 Å². The van der Waals surface area contributed by atoms with E-state index in [1.807, 2.05) is 12.2 Å². The average molecular weight is 1470 g/mol. The first-order valence-corrected chi connectivity index (χ1v) is 42.4. The lowest BCUT2D eigenvalue weighted by Gasteiger charge is -2.21. The minimum Gasteiger partial charge on any atom is -0.462 e. The molecule has 0 rings (SSSR count). The molecule has 584 valence electrons. The van der Waals surface area contributed by atoms with Crippen LogP contribution in [0.3, 0.4) is 0 Å². The van der Waals surface area contributed by atoms with E-state index >= 15 is 0 Å². The first-order chi connectivity index (χ1) is 49.7. The fourth-order valence-corrected chi connectivity index (χ4v) is 11.6. The molecule has 0 saturated carbocycles. The molecule has 0 aliphatic heterocycles. The van der Waals surface area contributed by atoms with Crippen LogP contribution in [0.1, 0.15) is 310 Å². The standard InChI is InChI=1S/C83H140O17P2/c1-5-9-13-17-21-25-29-33-35-37-38-40-41-45-48-52-56-60-64-68-81(86)94-74-79(100-83(88)70-66-62-58-54-50-46-42-39-36-34-30-26-22-18-14-10-6-2)76-98-102(91,92)96-72-77(84)71-95-101(89,90)97-75-78(99-82(87)69-65-61-57-53-49-44-32-28-24-20-16-12-8-4)73-93-80(85)67-63-59-55-51-47-43-31-27-23-19-15-11-7-3/h10,14-15,19,21-22,25-28,31-36,38,40,42,46,54,58,77-79,84H,5-9,11-13,16-18,20,23-24,29-30,37,39,41,43-45,47-53,55-57,59-76H2,1-4H3,(H,89,90)(H,91,92)/b14-10-,19-15-,25-21-,26-22-,31-27-,32-28-,35-33-,36-34-,40-38-,46-42-,58-54-. The Morgan fingerprint density at radius 1 is 0.284 bits per heavy atom. The van der Waals surface area contributed by atoms with Crippen LogP contribution < -0.4 is 0 Å². The van der Waals surface area contributed by atoms with E-state index < -0.39 is 97.5 Å². The van der Waals surface area contributed by atoms with E-state index in [1.54, 1.807) is 0 Å². The van der Waals surface area contributed by atoms with Gasteiger partial charge in [-0.2, -0.15) is 0 Å². The Bertz CT molecular complexity index is 2460. The molecule has 0 fully saturated rings. The zero-order chi connectivity index (χ0) is 74.6. The Morgan fingerprint density at radius 3 is 0.892 bits per heavy atom. The zero-order valence-corrected chi connectivity index (χ0v) is 65.5. The third kappa shape index (κ3) is 73.5. The van der Waals surface area contributed by atoms with Crippen LogP contribution in [-0.4, -0.2) is 96.7 Å². The number of carbonyl (C=O) groups excluding carboxylic acids is 4. The monoisotopic (exact) mass is 1470 g/mol. The van der Waals surface area contributed by atoms with E-state index in [-0.39, 0.29) is 25.7 Å². The van der Waals surface area contributed by atoms with Crippen molar-refractivity contribution >= 4 is 39.5 Å². The third-order valence-corrected chi connectivity index (χ3v) is 18.0. The van der Waals surface area contributed by atoms with E-state index in [4.69, 9.17) is 37.0 Å². The number of aliphatic hydroxyl groups excluding tert-OH is 1. The number of phosphoric acid groups is 2. The van der Waals surface area contributed by atoms with Gasteiger partial charge in [-0.05, 0) is 154 Å². The maximum Gasteiger partial charge on any atom is 0.472 e. The van der Waals surface area contributed by atoms with Crippen molar-refractivity contribution in [2.45, 2.75) is 329 Å². The number of carbonyl (C=O) groups is 4. The molecule has 3 N–H and O–H groups in total. The molecule has 0 aromatic rings. The van der Waals surface area contributed by atoms with Gasteiger partial charge in [-0.25, -0.2) is 9.13 Å². The van der Waals surface area contributed by atoms with Crippen LogP contribution in [0.2, 0.25) is 0 Å². The van der Waals surface area contributed by atoms with Crippen LogP contribution in [0.4, 0.5) is 0 Å². The summed E-state index contributed by atoms with van der Waals surface area (Å²) >= 11 is 0. The summed E-state index contributed by atoms with van der Waals surface area (Å²) < 4.78 is 68.5. The van der Waals surface area contributed by atoms with E-state index in [1.165, 1.54) is 44.9 Å². The van der Waals surface area contributed by atoms with Crippen molar-refractivity contribution in [1.82, 2.24) is 0 Å². The minimum atomic E-state index is -5.00. The zero-order valence-electron chi connectivity index (χ0n) is 63.7. The molecule has 0 aromatic heterocycles. The number of phosphoric ester groups is 2. The lowest BCUT2D eigenvalue weighted by molar-refractivity contribution is -0.161. The molecular formula is C83H140O17P2. The second kappa shape index (κ2) is 74.5. The summed E-state index contributed by atoms with van der Waals surface area (Å²) in [5, 5.41) is 10.6. The quantitative estimate of drug-likeness (QED) is 0.0169. The summed E-state index contributed by atoms with van der Waals surface area (Å²) in [6.07, 6.45) is 83.0. The smallest absolute Gasteiger partial charge is 0.462 e. The van der Waals surface area contributed by atoms with Gasteiger partial charge in [-0.3, -0.25) is 37.3 Å². The van der Waals surface area contributed by atoms with Crippen LogP contribution >= 0.6 is 15.6 Å². The van der Waals surface area contributed by atoms with Gasteiger partial charge >= 0.3 is 39.5 Å². The summed E-state index contributed by atoms with van der Waals surface area (Å²) in [5.41, 5.74) is 0. The highest BCUT2D eigenvalue weighted by Gasteiger charge is 2.30. The number of aliphatic hydroxyl groups is 1. The number of hydrogen-bond donors (Lipinski definition) is 3. The van der Waals surface area contributed by atoms with Gasteiger partial charge in [0.1, 0.15) is 19.3 Å². The Morgan fingerprint density at radius 2 is 0.539 bits per heavy atom. The second-order valence-corrected chi connectivity index (χ2v) is 28.8. The van der Waals surface area contributed by atoms with Crippen LogP contribution in [0.25, 0.3) is 0 Å². The molecule has 0 spiro atoms. The highest BCUT2D eigenvalue weighted by Crippen LogP contribution is 2.45. The molecule has 5 unspecified atom stereocenters. The normalized spacial score (nSPS) is 14.6. The molecule has 0 saturated heterocycles. The maximum atomic E-state index is 13.1. The lowest BCUT2D eigenvalue weighted by atomic mass is 10.1. The molecule has 0 aliphatic carbocycles. The number of rotatable bonds is 73. The third-order valence-electron chi connectivity index (χ3n) is 16.0. The number of unbranched alkanes of at least 4 members (excludes halogenated alkanes) is 25. The molecule has 0 bridgehead atoms. The molecular weight excluding hydrogens is 1330 g/mol. The van der Waals surface area contributed by atoms with Gasteiger partial charge in [0.25, 0.3) is 0 Å². The molecule has 102 heavy (non-hydrogen) atoms. The SMILES string of the molecule is CC/C=C\C/C=C\C/C=C\C/C=C\C/C=C\CCCC(=O)OC(COC(=O)CCCCCCCC/C=C\C/C=C\C/C=C\CCCCC)COP(=O)(O)OCC(O)COP(=O)(O)OCC(COC(=O)CCCCCCC/C=C\C/C=C\CCC)OC(=O)CCCCCCC/C=C\CCCCCC. The maximum absolute atomic E-state index is 13.1. The summed E-state index contributed by atoms with van der Waals surface area (Å²) in [7, 11) is -9.99. The summed E-state index contributed by atoms with van der Waals surface area (Å²) in [4.78, 5) is 72.9. The molecule has 0 amide bonds. The fourth-order valence-electron chi connectivity index (χ4n) is 10.1. The van der Waals surface area contributed by atoms with Crippen molar-refractivity contribution in [2.24, 2.45) is 0 Å². The molecule has 19 heteroatoms. The Balaban J connectivity index is 5.43. The molecule has 0 aromatic carbocycles. The topological polar surface area (TPSA) is 237 Å². The van der Waals surface area contributed by atoms with Gasteiger partial charge in [0.15, 0.2) is 12.2 Å². The molecule has 0 aliphatic rings. The minimum absolute atomic E-state index is 0.0101. The van der Waals surface area contributed by atoms with E-state index in [0.717, 1.165) is 180 Å². The van der Waals surface area contributed by atoms with Crippen molar-refractivity contribution in [2.75, 3.05) is 39.6 Å². The van der Waals surface area contributed by atoms with Gasteiger partial charge in [0.05, 0.1) is 26.4 Å². The molecule has 0 radical (unpaired) electrons. The Labute approximate surface area is 618 Å². The van der Waals surface area contributed by atoms with Crippen molar-refractivity contribution < 1.29 is 80.2 Å². The van der Waals surface area contributed by atoms with Gasteiger partial charge in [-0.15, -0.1) is 0 Å².